The minimum Gasteiger partial charge on any atom is -0.207 e. The molecule has 0 nitrogen and oxygen atoms in total. The third-order valence-electron chi connectivity index (χ3n) is 2.21. The van der Waals surface area contributed by atoms with Gasteiger partial charge >= 0.3 is 0 Å². The Bertz CT molecular complexity index is 511. The van der Waals surface area contributed by atoms with Crippen LogP contribution in [0.2, 0.25) is 5.02 Å². The van der Waals surface area contributed by atoms with Gasteiger partial charge in [-0.3, -0.25) is 0 Å². The fraction of sp³-hybridized carbons (Fsp3) is 0.0769. The van der Waals surface area contributed by atoms with Crippen LogP contribution < -0.4 is 0 Å². The van der Waals surface area contributed by atoms with Crippen molar-refractivity contribution >= 4 is 35.0 Å². The molecule has 0 saturated heterocycles. The summed E-state index contributed by atoms with van der Waals surface area (Å²) >= 11 is 13.3. The fourth-order valence-corrected chi connectivity index (χ4v) is 2.80. The molecule has 0 fully saturated rings. The Balaban J connectivity index is 2.26. The monoisotopic (exact) mass is 286 g/mol. The minimum atomic E-state index is -0.233. The van der Waals surface area contributed by atoms with Crippen molar-refractivity contribution < 1.29 is 4.39 Å². The quantitative estimate of drug-likeness (QED) is 0.684. The summed E-state index contributed by atoms with van der Waals surface area (Å²) in [6.45, 7) is 0. The molecule has 2 aromatic carbocycles. The van der Waals surface area contributed by atoms with Crippen LogP contribution in [0.5, 0.6) is 0 Å². The standard InChI is InChI=1S/C13H9Cl2FS/c14-8-9-7-10(15)1-6-13(9)17-12-4-2-11(16)3-5-12/h1-7H,8H2. The van der Waals surface area contributed by atoms with Crippen LogP contribution in [-0.2, 0) is 5.88 Å². The summed E-state index contributed by atoms with van der Waals surface area (Å²) < 4.78 is 12.8. The van der Waals surface area contributed by atoms with E-state index in [0.717, 1.165) is 15.4 Å². The van der Waals surface area contributed by atoms with Crippen molar-refractivity contribution in [3.8, 4) is 0 Å². The first kappa shape index (κ1) is 12.7. The van der Waals surface area contributed by atoms with E-state index in [9.17, 15) is 4.39 Å². The molecule has 4 heteroatoms. The smallest absolute Gasteiger partial charge is 0.123 e. The highest BCUT2D eigenvalue weighted by molar-refractivity contribution is 7.99. The van der Waals surface area contributed by atoms with Gasteiger partial charge in [-0.25, -0.2) is 4.39 Å². The van der Waals surface area contributed by atoms with Crippen LogP contribution in [-0.4, -0.2) is 0 Å². The summed E-state index contributed by atoms with van der Waals surface area (Å²) in [6.07, 6.45) is 0. The molecule has 0 radical (unpaired) electrons. The van der Waals surface area contributed by atoms with Crippen LogP contribution in [0, 0.1) is 5.82 Å². The summed E-state index contributed by atoms with van der Waals surface area (Å²) in [6, 6.07) is 12.0. The van der Waals surface area contributed by atoms with E-state index in [1.807, 2.05) is 18.2 Å². The molecule has 0 unspecified atom stereocenters. The predicted molar refractivity (Wildman–Crippen MR) is 71.5 cm³/mol. The van der Waals surface area contributed by atoms with E-state index in [-0.39, 0.29) is 5.82 Å². The summed E-state index contributed by atoms with van der Waals surface area (Å²) in [7, 11) is 0. The van der Waals surface area contributed by atoms with Crippen molar-refractivity contribution in [2.75, 3.05) is 0 Å². The van der Waals surface area contributed by atoms with Crippen molar-refractivity contribution in [2.24, 2.45) is 0 Å². The first-order valence-corrected chi connectivity index (χ1v) is 6.70. The van der Waals surface area contributed by atoms with E-state index in [0.29, 0.717) is 10.9 Å². The van der Waals surface area contributed by atoms with Crippen molar-refractivity contribution in [2.45, 2.75) is 15.7 Å². The molecule has 0 atom stereocenters. The van der Waals surface area contributed by atoms with E-state index in [1.165, 1.54) is 12.1 Å². The zero-order valence-electron chi connectivity index (χ0n) is 8.79. The highest BCUT2D eigenvalue weighted by Gasteiger charge is 2.05. The predicted octanol–water partition coefficient (Wildman–Crippen LogP) is 5.37. The maximum atomic E-state index is 12.8. The molecular formula is C13H9Cl2FS. The molecule has 0 spiro atoms. The average Bonchev–Trinajstić information content (AvgIpc) is 2.34. The molecule has 0 aromatic heterocycles. The Labute approximate surface area is 114 Å². The lowest BCUT2D eigenvalue weighted by Crippen LogP contribution is -1.84. The van der Waals surface area contributed by atoms with E-state index >= 15 is 0 Å². The third kappa shape index (κ3) is 3.38. The van der Waals surface area contributed by atoms with Crippen molar-refractivity contribution in [1.82, 2.24) is 0 Å². The van der Waals surface area contributed by atoms with Crippen LogP contribution in [0.3, 0.4) is 0 Å². The first-order chi connectivity index (χ1) is 8.19. The molecule has 0 saturated carbocycles. The lowest BCUT2D eigenvalue weighted by atomic mass is 10.2. The van der Waals surface area contributed by atoms with Gasteiger partial charge in [-0.05, 0) is 48.0 Å². The zero-order chi connectivity index (χ0) is 12.3. The highest BCUT2D eigenvalue weighted by Crippen LogP contribution is 2.32. The molecule has 17 heavy (non-hydrogen) atoms. The third-order valence-corrected chi connectivity index (χ3v) is 3.86. The van der Waals surface area contributed by atoms with E-state index < -0.39 is 0 Å². The second-order valence-electron chi connectivity index (χ2n) is 3.44. The van der Waals surface area contributed by atoms with Gasteiger partial charge in [-0.2, -0.15) is 0 Å². The van der Waals surface area contributed by atoms with Crippen LogP contribution in [0.4, 0.5) is 4.39 Å². The van der Waals surface area contributed by atoms with Crippen LogP contribution in [0.15, 0.2) is 52.3 Å². The molecule has 2 aromatic rings. The molecule has 0 aliphatic heterocycles. The Morgan fingerprint density at radius 3 is 2.41 bits per heavy atom. The fourth-order valence-electron chi connectivity index (χ4n) is 1.38. The van der Waals surface area contributed by atoms with E-state index in [2.05, 4.69) is 0 Å². The Morgan fingerprint density at radius 2 is 1.76 bits per heavy atom. The van der Waals surface area contributed by atoms with Gasteiger partial charge < -0.3 is 0 Å². The van der Waals surface area contributed by atoms with Gasteiger partial charge in [-0.15, -0.1) is 11.6 Å². The molecular weight excluding hydrogens is 278 g/mol. The van der Waals surface area contributed by atoms with Crippen molar-refractivity contribution in [3.05, 3.63) is 58.9 Å². The maximum Gasteiger partial charge on any atom is 0.123 e. The van der Waals surface area contributed by atoms with E-state index in [4.69, 9.17) is 23.2 Å². The average molecular weight is 287 g/mol. The molecule has 0 amide bonds. The Kier molecular flexibility index (Phi) is 4.32. The number of halogens is 3. The molecule has 0 aliphatic rings. The summed E-state index contributed by atoms with van der Waals surface area (Å²) in [5.41, 5.74) is 0.980. The normalized spacial score (nSPS) is 10.5. The highest BCUT2D eigenvalue weighted by atomic mass is 35.5. The number of benzene rings is 2. The number of hydrogen-bond acceptors (Lipinski definition) is 1. The second-order valence-corrected chi connectivity index (χ2v) is 5.26. The summed E-state index contributed by atoms with van der Waals surface area (Å²) in [5, 5.41) is 0.670. The zero-order valence-corrected chi connectivity index (χ0v) is 11.1. The van der Waals surface area contributed by atoms with E-state index in [1.54, 1.807) is 23.9 Å². The number of alkyl halides is 1. The van der Waals surface area contributed by atoms with Gasteiger partial charge in [0.2, 0.25) is 0 Å². The van der Waals surface area contributed by atoms with Gasteiger partial charge in [0.05, 0.1) is 0 Å². The number of hydrogen-bond donors (Lipinski definition) is 0. The van der Waals surface area contributed by atoms with Gasteiger partial charge in [0.25, 0.3) is 0 Å². The summed E-state index contributed by atoms with van der Waals surface area (Å²) in [5.74, 6) is 0.174. The van der Waals surface area contributed by atoms with Crippen molar-refractivity contribution in [1.29, 1.82) is 0 Å². The molecule has 88 valence electrons. The van der Waals surface area contributed by atoms with Gasteiger partial charge in [0.15, 0.2) is 0 Å². The largest absolute Gasteiger partial charge is 0.207 e. The lowest BCUT2D eigenvalue weighted by molar-refractivity contribution is 0.626. The first-order valence-electron chi connectivity index (χ1n) is 4.97. The topological polar surface area (TPSA) is 0 Å². The Morgan fingerprint density at radius 1 is 1.06 bits per heavy atom. The molecule has 0 heterocycles. The lowest BCUT2D eigenvalue weighted by Gasteiger charge is -2.07. The van der Waals surface area contributed by atoms with Crippen molar-refractivity contribution in [3.63, 3.8) is 0 Å². The van der Waals surface area contributed by atoms with Gasteiger partial charge in [-0.1, -0.05) is 23.4 Å². The minimum absolute atomic E-state index is 0.233. The van der Waals surface area contributed by atoms with Gasteiger partial charge in [0, 0.05) is 20.7 Å². The maximum absolute atomic E-state index is 12.8. The number of rotatable bonds is 3. The molecule has 0 aliphatic carbocycles. The summed E-state index contributed by atoms with van der Waals surface area (Å²) in [4.78, 5) is 2.01. The van der Waals surface area contributed by atoms with Crippen LogP contribution >= 0.6 is 35.0 Å². The molecule has 0 N–H and O–H groups in total. The van der Waals surface area contributed by atoms with Crippen LogP contribution in [0.1, 0.15) is 5.56 Å². The molecule has 2 rings (SSSR count). The Hall–Kier alpha value is -0.700. The second kappa shape index (κ2) is 5.76. The van der Waals surface area contributed by atoms with Crippen LogP contribution in [0.25, 0.3) is 0 Å². The SMILES string of the molecule is Fc1ccc(Sc2ccc(Cl)cc2CCl)cc1. The van der Waals surface area contributed by atoms with Gasteiger partial charge in [0.1, 0.15) is 5.82 Å². The molecule has 0 bridgehead atoms.